The Hall–Kier alpha value is -0.650. The molecule has 0 bridgehead atoms. The van der Waals surface area contributed by atoms with Gasteiger partial charge in [0, 0.05) is 20.6 Å². The molecule has 0 saturated carbocycles. The maximum absolute atomic E-state index is 5.77. The lowest BCUT2D eigenvalue weighted by Crippen LogP contribution is -2.11. The van der Waals surface area contributed by atoms with Gasteiger partial charge in [-0.1, -0.05) is 5.21 Å². The average Bonchev–Trinajstić information content (AvgIpc) is 2.65. The van der Waals surface area contributed by atoms with Crippen molar-refractivity contribution >= 4 is 11.6 Å². The molecule has 6 heteroatoms. The van der Waals surface area contributed by atoms with Crippen molar-refractivity contribution in [3.05, 3.63) is 11.4 Å². The van der Waals surface area contributed by atoms with Crippen molar-refractivity contribution in [2.75, 3.05) is 27.4 Å². The highest BCUT2D eigenvalue weighted by atomic mass is 35.5. The second-order valence-electron chi connectivity index (χ2n) is 3.08. The van der Waals surface area contributed by atoms with E-state index < -0.39 is 0 Å². The zero-order chi connectivity index (χ0) is 11.1. The van der Waals surface area contributed by atoms with Crippen molar-refractivity contribution in [2.45, 2.75) is 18.8 Å². The Bertz CT molecular complexity index is 291. The average molecular weight is 234 g/mol. The zero-order valence-corrected chi connectivity index (χ0v) is 9.83. The summed E-state index contributed by atoms with van der Waals surface area (Å²) in [4.78, 5) is 0. The first kappa shape index (κ1) is 12.4. The maximum atomic E-state index is 5.77. The summed E-state index contributed by atoms with van der Waals surface area (Å²) in [6.07, 6.45) is 0.773. The van der Waals surface area contributed by atoms with E-state index in [1.165, 1.54) is 0 Å². The molecule has 0 fully saturated rings. The molecule has 0 atom stereocenters. The van der Waals surface area contributed by atoms with Crippen LogP contribution in [0.4, 0.5) is 0 Å². The highest BCUT2D eigenvalue weighted by Gasteiger charge is 2.11. The second kappa shape index (κ2) is 6.76. The van der Waals surface area contributed by atoms with Crippen molar-refractivity contribution in [3.8, 4) is 0 Å². The number of aromatic nitrogens is 3. The first-order valence-corrected chi connectivity index (χ1v) is 5.32. The Morgan fingerprint density at radius 2 is 2.00 bits per heavy atom. The molecule has 1 aromatic heterocycles. The van der Waals surface area contributed by atoms with Crippen LogP contribution >= 0.6 is 11.6 Å². The third kappa shape index (κ3) is 3.44. The van der Waals surface area contributed by atoms with E-state index in [1.807, 2.05) is 4.68 Å². The molecule has 0 aliphatic heterocycles. The number of alkyl halides is 1. The maximum Gasteiger partial charge on any atom is 0.101 e. The molecule has 0 aromatic carbocycles. The summed E-state index contributed by atoms with van der Waals surface area (Å²) in [5, 5.41) is 8.03. The van der Waals surface area contributed by atoms with Gasteiger partial charge < -0.3 is 9.47 Å². The fourth-order valence-corrected chi connectivity index (χ4v) is 1.51. The predicted octanol–water partition coefficient (Wildman–Crippen LogP) is 0.852. The molecule has 0 unspecified atom stereocenters. The quantitative estimate of drug-likeness (QED) is 0.656. The van der Waals surface area contributed by atoms with Gasteiger partial charge in [0.25, 0.3) is 0 Å². The van der Waals surface area contributed by atoms with Gasteiger partial charge in [-0.25, -0.2) is 4.68 Å². The fraction of sp³-hybridized carbons (Fsp3) is 0.778. The molecule has 1 aromatic rings. The third-order valence-corrected chi connectivity index (χ3v) is 2.35. The van der Waals surface area contributed by atoms with Gasteiger partial charge in [0.05, 0.1) is 31.3 Å². The van der Waals surface area contributed by atoms with E-state index in [1.54, 1.807) is 14.2 Å². The van der Waals surface area contributed by atoms with Crippen molar-refractivity contribution in [2.24, 2.45) is 0 Å². The van der Waals surface area contributed by atoms with E-state index in [9.17, 15) is 0 Å². The van der Waals surface area contributed by atoms with E-state index in [2.05, 4.69) is 10.3 Å². The van der Waals surface area contributed by atoms with Gasteiger partial charge in [-0.05, 0) is 0 Å². The molecule has 0 aliphatic carbocycles. The molecule has 0 radical (unpaired) electrons. The van der Waals surface area contributed by atoms with Crippen LogP contribution in [0, 0.1) is 0 Å². The third-order valence-electron chi connectivity index (χ3n) is 2.09. The Labute approximate surface area is 94.3 Å². The molecule has 15 heavy (non-hydrogen) atoms. The van der Waals surface area contributed by atoms with Crippen LogP contribution in [-0.4, -0.2) is 42.4 Å². The number of hydrogen-bond acceptors (Lipinski definition) is 4. The van der Waals surface area contributed by atoms with E-state index in [-0.39, 0.29) is 0 Å². The van der Waals surface area contributed by atoms with E-state index in [0.29, 0.717) is 25.6 Å². The number of halogens is 1. The van der Waals surface area contributed by atoms with Crippen molar-refractivity contribution in [1.82, 2.24) is 15.0 Å². The van der Waals surface area contributed by atoms with Crippen LogP contribution in [0.5, 0.6) is 0 Å². The Morgan fingerprint density at radius 1 is 1.27 bits per heavy atom. The fourth-order valence-electron chi connectivity index (χ4n) is 1.30. The number of ether oxygens (including phenoxy) is 2. The SMILES string of the molecule is COCCc1c(CCl)nnn1CCOC. The second-order valence-corrected chi connectivity index (χ2v) is 3.34. The monoisotopic (exact) mass is 233 g/mol. The summed E-state index contributed by atoms with van der Waals surface area (Å²) < 4.78 is 11.8. The normalized spacial score (nSPS) is 10.9. The van der Waals surface area contributed by atoms with Crippen LogP contribution in [0.3, 0.4) is 0 Å². The van der Waals surface area contributed by atoms with Gasteiger partial charge in [0.15, 0.2) is 0 Å². The molecule has 0 N–H and O–H groups in total. The summed E-state index contributed by atoms with van der Waals surface area (Å²) in [5.74, 6) is 0.381. The number of hydrogen-bond donors (Lipinski definition) is 0. The van der Waals surface area contributed by atoms with Crippen molar-refractivity contribution < 1.29 is 9.47 Å². The van der Waals surface area contributed by atoms with Crippen LogP contribution in [-0.2, 0) is 28.3 Å². The van der Waals surface area contributed by atoms with Crippen LogP contribution in [0.2, 0.25) is 0 Å². The first-order chi connectivity index (χ1) is 7.33. The highest BCUT2D eigenvalue weighted by Crippen LogP contribution is 2.09. The lowest BCUT2D eigenvalue weighted by atomic mass is 10.2. The lowest BCUT2D eigenvalue weighted by Gasteiger charge is -2.06. The Morgan fingerprint density at radius 3 is 2.60 bits per heavy atom. The van der Waals surface area contributed by atoms with Gasteiger partial charge in [-0.15, -0.1) is 16.7 Å². The standard InChI is InChI=1S/C9H16ClN3O2/c1-14-5-3-9-8(7-10)11-12-13(9)4-6-15-2/h3-7H2,1-2H3. The Balaban J connectivity index is 2.70. The van der Waals surface area contributed by atoms with E-state index >= 15 is 0 Å². The van der Waals surface area contributed by atoms with Gasteiger partial charge in [0.1, 0.15) is 5.69 Å². The zero-order valence-electron chi connectivity index (χ0n) is 9.07. The van der Waals surface area contributed by atoms with Crippen molar-refractivity contribution in [1.29, 1.82) is 0 Å². The molecule has 0 spiro atoms. The van der Waals surface area contributed by atoms with Crippen LogP contribution in [0.1, 0.15) is 11.4 Å². The van der Waals surface area contributed by atoms with E-state index in [4.69, 9.17) is 21.1 Å². The topological polar surface area (TPSA) is 49.2 Å². The first-order valence-electron chi connectivity index (χ1n) is 4.78. The van der Waals surface area contributed by atoms with Crippen LogP contribution in [0.15, 0.2) is 0 Å². The summed E-state index contributed by atoms with van der Waals surface area (Å²) in [6.45, 7) is 1.95. The molecule has 86 valence electrons. The minimum Gasteiger partial charge on any atom is -0.384 e. The van der Waals surface area contributed by atoms with E-state index in [0.717, 1.165) is 17.8 Å². The molecule has 1 heterocycles. The predicted molar refractivity (Wildman–Crippen MR) is 57.0 cm³/mol. The molecule has 0 amide bonds. The smallest absolute Gasteiger partial charge is 0.101 e. The molecule has 0 aliphatic rings. The minimum atomic E-state index is 0.381. The van der Waals surface area contributed by atoms with Crippen LogP contribution < -0.4 is 0 Å². The number of methoxy groups -OCH3 is 2. The number of nitrogens with zero attached hydrogens (tertiary/aromatic N) is 3. The minimum absolute atomic E-state index is 0.381. The highest BCUT2D eigenvalue weighted by molar-refractivity contribution is 6.16. The lowest BCUT2D eigenvalue weighted by molar-refractivity contribution is 0.178. The molecule has 5 nitrogen and oxygen atoms in total. The van der Waals surface area contributed by atoms with Gasteiger partial charge >= 0.3 is 0 Å². The largest absolute Gasteiger partial charge is 0.384 e. The molecule has 0 saturated heterocycles. The summed E-state index contributed by atoms with van der Waals surface area (Å²) >= 11 is 5.77. The molecular weight excluding hydrogens is 218 g/mol. The molecular formula is C9H16ClN3O2. The van der Waals surface area contributed by atoms with Gasteiger partial charge in [0.2, 0.25) is 0 Å². The van der Waals surface area contributed by atoms with Gasteiger partial charge in [-0.3, -0.25) is 0 Å². The summed E-state index contributed by atoms with van der Waals surface area (Å²) in [7, 11) is 3.33. The summed E-state index contributed by atoms with van der Waals surface area (Å²) in [5.41, 5.74) is 1.86. The van der Waals surface area contributed by atoms with Gasteiger partial charge in [-0.2, -0.15) is 0 Å². The molecule has 1 rings (SSSR count). The Kier molecular flexibility index (Phi) is 5.60. The number of rotatable bonds is 7. The summed E-state index contributed by atoms with van der Waals surface area (Å²) in [6, 6.07) is 0. The van der Waals surface area contributed by atoms with Crippen LogP contribution in [0.25, 0.3) is 0 Å². The van der Waals surface area contributed by atoms with Crippen molar-refractivity contribution in [3.63, 3.8) is 0 Å².